The molecule has 0 amide bonds. The summed E-state index contributed by atoms with van der Waals surface area (Å²) < 4.78 is 7.60. The molecule has 6 nitrogen and oxygen atoms in total. The van der Waals surface area contributed by atoms with Gasteiger partial charge in [0.1, 0.15) is 11.6 Å². The number of rotatable bonds is 6. The van der Waals surface area contributed by atoms with Crippen LogP contribution in [-0.4, -0.2) is 35.9 Å². The lowest BCUT2D eigenvalue weighted by Crippen LogP contribution is -2.41. The first-order chi connectivity index (χ1) is 14.5. The Kier molecular flexibility index (Phi) is 6.13. The van der Waals surface area contributed by atoms with Gasteiger partial charge in [-0.05, 0) is 43.7 Å². The van der Waals surface area contributed by atoms with Gasteiger partial charge >= 0.3 is 0 Å². The summed E-state index contributed by atoms with van der Waals surface area (Å²) in [5.74, 6) is 0.969. The fraction of sp³-hybridized carbons (Fsp3) is 0.364. The predicted molar refractivity (Wildman–Crippen MR) is 121 cm³/mol. The molecule has 3 aromatic rings. The third-order valence-corrected chi connectivity index (χ3v) is 6.76. The molecule has 1 atom stereocenters. The van der Waals surface area contributed by atoms with Crippen LogP contribution in [0.5, 0.6) is 5.75 Å². The second-order valence-corrected chi connectivity index (χ2v) is 9.53. The Morgan fingerprint density at radius 1 is 1.37 bits per heavy atom. The van der Waals surface area contributed by atoms with Crippen LogP contribution in [0.2, 0.25) is 4.34 Å². The molecule has 0 spiro atoms. The van der Waals surface area contributed by atoms with Crippen molar-refractivity contribution < 1.29 is 9.53 Å². The van der Waals surface area contributed by atoms with Crippen molar-refractivity contribution in [3.8, 4) is 5.75 Å². The third-order valence-electron chi connectivity index (χ3n) is 5.53. The van der Waals surface area contributed by atoms with E-state index in [2.05, 4.69) is 17.6 Å². The molecule has 8 heteroatoms. The molecule has 2 aromatic heterocycles. The minimum absolute atomic E-state index is 0.118. The van der Waals surface area contributed by atoms with E-state index in [1.807, 2.05) is 30.3 Å². The van der Waals surface area contributed by atoms with Crippen LogP contribution in [0.15, 0.2) is 42.5 Å². The number of hydrogen-bond acceptors (Lipinski definition) is 6. The predicted octanol–water partition coefficient (Wildman–Crippen LogP) is 4.55. The molecule has 1 aromatic carbocycles. The van der Waals surface area contributed by atoms with Gasteiger partial charge in [0, 0.05) is 22.9 Å². The number of para-hydroxylation sites is 1. The van der Waals surface area contributed by atoms with Crippen LogP contribution in [0.1, 0.15) is 40.7 Å². The molecule has 1 aliphatic heterocycles. The zero-order valence-electron chi connectivity index (χ0n) is 17.1. The summed E-state index contributed by atoms with van der Waals surface area (Å²) in [6.45, 7) is 4.62. The number of nitrogens with zero attached hydrogens (tertiary/aromatic N) is 2. The van der Waals surface area contributed by atoms with Crippen molar-refractivity contribution in [2.24, 2.45) is 0 Å². The quantitative estimate of drug-likeness (QED) is 0.583. The molecule has 158 valence electrons. The molecule has 1 aliphatic rings. The Labute approximate surface area is 185 Å². The molecule has 1 fully saturated rings. The number of carbonyl (C=O) groups is 1. The van der Waals surface area contributed by atoms with Crippen LogP contribution in [-0.2, 0) is 12.0 Å². The largest absolute Gasteiger partial charge is 0.496 e. The van der Waals surface area contributed by atoms with E-state index in [1.54, 1.807) is 19.2 Å². The summed E-state index contributed by atoms with van der Waals surface area (Å²) >= 11 is 7.58. The summed E-state index contributed by atoms with van der Waals surface area (Å²) in [7, 11) is 1.56. The standard InChI is InChI=1S/C22H25ClN4O2S/c1-22(10-5-11-24-14-22)18-12-20(25-13-15-8-9-19(23)30-15)27(26-18)21(28)16-6-3-4-7-17(16)29-2/h3-4,6-9,12,24-25H,5,10-11,13-14H2,1-2H3. The molecule has 1 saturated heterocycles. The number of nitrogens with one attached hydrogen (secondary N) is 2. The SMILES string of the molecule is COc1ccccc1C(=O)n1nc(C2(C)CCCNC2)cc1NCc1ccc(Cl)s1. The van der Waals surface area contributed by atoms with E-state index in [9.17, 15) is 4.79 Å². The molecule has 4 rings (SSSR count). The zero-order chi connectivity index (χ0) is 21.1. The number of halogens is 1. The van der Waals surface area contributed by atoms with E-state index >= 15 is 0 Å². The molecule has 0 radical (unpaired) electrons. The first-order valence-electron chi connectivity index (χ1n) is 9.97. The van der Waals surface area contributed by atoms with Gasteiger partial charge in [0.2, 0.25) is 0 Å². The first kappa shape index (κ1) is 20.9. The molecule has 2 N–H and O–H groups in total. The smallest absolute Gasteiger partial charge is 0.283 e. The van der Waals surface area contributed by atoms with Gasteiger partial charge in [-0.1, -0.05) is 30.7 Å². The van der Waals surface area contributed by atoms with Crippen molar-refractivity contribution >= 4 is 34.7 Å². The Morgan fingerprint density at radius 2 is 2.20 bits per heavy atom. The van der Waals surface area contributed by atoms with Crippen molar-refractivity contribution in [3.63, 3.8) is 0 Å². The number of benzene rings is 1. The van der Waals surface area contributed by atoms with Crippen LogP contribution in [0.3, 0.4) is 0 Å². The number of aromatic nitrogens is 2. The molecule has 0 saturated carbocycles. The summed E-state index contributed by atoms with van der Waals surface area (Å²) in [4.78, 5) is 14.5. The van der Waals surface area contributed by atoms with Crippen LogP contribution >= 0.6 is 22.9 Å². The average molecular weight is 445 g/mol. The topological polar surface area (TPSA) is 68.2 Å². The lowest BCUT2D eigenvalue weighted by molar-refractivity contribution is 0.0943. The monoisotopic (exact) mass is 444 g/mol. The molecule has 1 unspecified atom stereocenters. The Morgan fingerprint density at radius 3 is 2.90 bits per heavy atom. The van der Waals surface area contributed by atoms with Gasteiger partial charge in [-0.2, -0.15) is 9.78 Å². The van der Waals surface area contributed by atoms with Crippen molar-refractivity contribution in [2.75, 3.05) is 25.5 Å². The third kappa shape index (κ3) is 4.24. The molecular formula is C22H25ClN4O2S. The van der Waals surface area contributed by atoms with E-state index in [0.29, 0.717) is 23.7 Å². The number of piperidine rings is 1. The van der Waals surface area contributed by atoms with Gasteiger partial charge in [0.05, 0.1) is 29.2 Å². The number of ether oxygens (including phenoxy) is 1. The fourth-order valence-electron chi connectivity index (χ4n) is 3.79. The summed E-state index contributed by atoms with van der Waals surface area (Å²) in [5, 5.41) is 11.6. The average Bonchev–Trinajstić information content (AvgIpc) is 3.38. The van der Waals surface area contributed by atoms with Crippen molar-refractivity contribution in [1.29, 1.82) is 0 Å². The van der Waals surface area contributed by atoms with Crippen LogP contribution < -0.4 is 15.4 Å². The summed E-state index contributed by atoms with van der Waals surface area (Å²) in [5.41, 5.74) is 1.26. The molecular weight excluding hydrogens is 420 g/mol. The van der Waals surface area contributed by atoms with Gasteiger partial charge in [-0.15, -0.1) is 11.3 Å². The van der Waals surface area contributed by atoms with E-state index in [0.717, 1.165) is 40.8 Å². The number of thiophene rings is 1. The summed E-state index contributed by atoms with van der Waals surface area (Å²) in [6.07, 6.45) is 2.11. The van der Waals surface area contributed by atoms with Gasteiger partial charge in [0.15, 0.2) is 0 Å². The maximum absolute atomic E-state index is 13.4. The van der Waals surface area contributed by atoms with Crippen molar-refractivity contribution in [3.05, 3.63) is 62.9 Å². The fourth-order valence-corrected chi connectivity index (χ4v) is 4.82. The van der Waals surface area contributed by atoms with E-state index < -0.39 is 0 Å². The zero-order valence-corrected chi connectivity index (χ0v) is 18.6. The molecule has 0 aliphatic carbocycles. The van der Waals surface area contributed by atoms with Crippen LogP contribution in [0, 0.1) is 0 Å². The Bertz CT molecular complexity index is 1040. The lowest BCUT2D eigenvalue weighted by Gasteiger charge is -2.32. The van der Waals surface area contributed by atoms with Crippen LogP contribution in [0.4, 0.5) is 5.82 Å². The first-order valence-corrected chi connectivity index (χ1v) is 11.2. The maximum atomic E-state index is 13.4. The Balaban J connectivity index is 1.70. The van der Waals surface area contributed by atoms with Crippen LogP contribution in [0.25, 0.3) is 0 Å². The number of carbonyl (C=O) groups excluding carboxylic acids is 1. The highest BCUT2D eigenvalue weighted by molar-refractivity contribution is 7.16. The van der Waals surface area contributed by atoms with Gasteiger partial charge < -0.3 is 15.4 Å². The highest BCUT2D eigenvalue weighted by Crippen LogP contribution is 2.32. The normalized spacial score (nSPS) is 18.9. The van der Waals surface area contributed by atoms with E-state index in [4.69, 9.17) is 21.4 Å². The Hall–Kier alpha value is -2.35. The molecule has 3 heterocycles. The van der Waals surface area contributed by atoms with E-state index in [-0.39, 0.29) is 11.3 Å². The number of anilines is 1. The van der Waals surface area contributed by atoms with E-state index in [1.165, 1.54) is 16.0 Å². The summed E-state index contributed by atoms with van der Waals surface area (Å²) in [6, 6.07) is 13.1. The second kappa shape index (κ2) is 8.79. The number of hydrogen-bond donors (Lipinski definition) is 2. The van der Waals surface area contributed by atoms with Gasteiger partial charge in [0.25, 0.3) is 5.91 Å². The maximum Gasteiger partial charge on any atom is 0.283 e. The molecule has 30 heavy (non-hydrogen) atoms. The second-order valence-electron chi connectivity index (χ2n) is 7.73. The van der Waals surface area contributed by atoms with Crippen molar-refractivity contribution in [2.45, 2.75) is 31.7 Å². The molecule has 0 bridgehead atoms. The van der Waals surface area contributed by atoms with Gasteiger partial charge in [-0.25, -0.2) is 0 Å². The number of methoxy groups -OCH3 is 1. The lowest BCUT2D eigenvalue weighted by atomic mass is 9.80. The van der Waals surface area contributed by atoms with Gasteiger partial charge in [-0.3, -0.25) is 4.79 Å². The minimum atomic E-state index is -0.224. The van der Waals surface area contributed by atoms with Crippen molar-refractivity contribution in [1.82, 2.24) is 15.1 Å². The minimum Gasteiger partial charge on any atom is -0.496 e. The highest BCUT2D eigenvalue weighted by atomic mass is 35.5. The highest BCUT2D eigenvalue weighted by Gasteiger charge is 2.33.